The fraction of sp³-hybridized carbons (Fsp3) is 0.529. The third kappa shape index (κ3) is 3.78. The summed E-state index contributed by atoms with van der Waals surface area (Å²) < 4.78 is 0. The zero-order chi connectivity index (χ0) is 15.4. The zero-order valence-electron chi connectivity index (χ0n) is 12.9. The second kappa shape index (κ2) is 6.81. The van der Waals surface area contributed by atoms with E-state index in [0.717, 1.165) is 31.4 Å². The third-order valence-corrected chi connectivity index (χ3v) is 4.30. The average molecular weight is 300 g/mol. The molecule has 22 heavy (non-hydrogen) atoms. The molecule has 1 fully saturated rings. The summed E-state index contributed by atoms with van der Waals surface area (Å²) >= 11 is 0. The molecule has 4 N–H and O–H groups in total. The van der Waals surface area contributed by atoms with Crippen LogP contribution in [-0.4, -0.2) is 25.0 Å². The van der Waals surface area contributed by atoms with Gasteiger partial charge in [-0.3, -0.25) is 9.79 Å². The molecule has 3 rings (SSSR count). The van der Waals surface area contributed by atoms with E-state index >= 15 is 0 Å². The Labute approximate surface area is 131 Å². The molecule has 1 saturated carbocycles. The van der Waals surface area contributed by atoms with Crippen LogP contribution in [0.4, 0.5) is 5.69 Å². The fourth-order valence-electron chi connectivity index (χ4n) is 2.92. The highest BCUT2D eigenvalue weighted by molar-refractivity contribution is 5.93. The molecule has 0 heterocycles. The minimum absolute atomic E-state index is 0.152. The number of nitrogens with zero attached hydrogens (tertiary/aromatic N) is 1. The summed E-state index contributed by atoms with van der Waals surface area (Å²) in [5, 5.41) is 6.09. The molecule has 5 heteroatoms. The number of nitrogens with two attached hydrogens (primary N) is 1. The van der Waals surface area contributed by atoms with Gasteiger partial charge in [-0.15, -0.1) is 0 Å². The summed E-state index contributed by atoms with van der Waals surface area (Å²) in [4.78, 5) is 15.8. The van der Waals surface area contributed by atoms with E-state index in [9.17, 15) is 4.79 Å². The van der Waals surface area contributed by atoms with Crippen molar-refractivity contribution >= 4 is 17.6 Å². The molecule has 0 bridgehead atoms. The van der Waals surface area contributed by atoms with Gasteiger partial charge in [0.1, 0.15) is 0 Å². The summed E-state index contributed by atoms with van der Waals surface area (Å²) in [5.74, 6) is 0.814. The number of guanidine groups is 1. The molecule has 0 aliphatic heterocycles. The number of fused-ring (bicyclic) bond motifs is 1. The summed E-state index contributed by atoms with van der Waals surface area (Å²) in [6, 6.07) is 6.32. The van der Waals surface area contributed by atoms with Gasteiger partial charge in [-0.2, -0.15) is 0 Å². The second-order valence-corrected chi connectivity index (χ2v) is 6.11. The fourth-order valence-corrected chi connectivity index (χ4v) is 2.92. The Hall–Kier alpha value is -2.04. The Kier molecular flexibility index (Phi) is 4.61. The lowest BCUT2D eigenvalue weighted by Gasteiger charge is -2.19. The van der Waals surface area contributed by atoms with Gasteiger partial charge in [-0.1, -0.05) is 12.1 Å². The average Bonchev–Trinajstić information content (AvgIpc) is 3.37. The van der Waals surface area contributed by atoms with E-state index in [1.807, 2.05) is 0 Å². The second-order valence-electron chi connectivity index (χ2n) is 6.11. The Morgan fingerprint density at radius 2 is 2.09 bits per heavy atom. The van der Waals surface area contributed by atoms with E-state index in [-0.39, 0.29) is 11.8 Å². The number of nitrogens with one attached hydrogen (secondary N) is 2. The van der Waals surface area contributed by atoms with Gasteiger partial charge in [0.15, 0.2) is 5.96 Å². The molecule has 0 radical (unpaired) electrons. The molecule has 2 aliphatic rings. The lowest BCUT2D eigenvalue weighted by atomic mass is 9.90. The van der Waals surface area contributed by atoms with Gasteiger partial charge in [0.25, 0.3) is 0 Å². The van der Waals surface area contributed by atoms with Crippen molar-refractivity contribution in [2.24, 2.45) is 16.6 Å². The Balaban J connectivity index is 1.51. The van der Waals surface area contributed by atoms with Crippen molar-refractivity contribution in [1.29, 1.82) is 0 Å². The van der Waals surface area contributed by atoms with Gasteiger partial charge in [-0.05, 0) is 55.7 Å². The largest absolute Gasteiger partial charge is 0.370 e. The highest BCUT2D eigenvalue weighted by Crippen LogP contribution is 2.28. The van der Waals surface area contributed by atoms with Crippen LogP contribution >= 0.6 is 0 Å². The maximum Gasteiger partial charge on any atom is 0.223 e. The molecule has 1 aromatic rings. The molecule has 0 aromatic heterocycles. The topological polar surface area (TPSA) is 79.5 Å². The maximum atomic E-state index is 11.5. The van der Waals surface area contributed by atoms with Crippen molar-refractivity contribution < 1.29 is 4.79 Å². The predicted molar refractivity (Wildman–Crippen MR) is 88.9 cm³/mol. The number of anilines is 1. The number of aryl methyl sites for hydroxylation is 1. The van der Waals surface area contributed by atoms with Crippen LogP contribution in [-0.2, 0) is 17.6 Å². The summed E-state index contributed by atoms with van der Waals surface area (Å²) in [7, 11) is 0. The minimum atomic E-state index is 0.152. The number of carbonyl (C=O) groups excluding carboxylic acids is 1. The Morgan fingerprint density at radius 3 is 2.91 bits per heavy atom. The SMILES string of the molecule is NC(=NCCNC(=O)C1CC1)Nc1cccc2c1CCCC2. The van der Waals surface area contributed by atoms with Crippen molar-refractivity contribution in [3.8, 4) is 0 Å². The number of hydrogen-bond acceptors (Lipinski definition) is 2. The van der Waals surface area contributed by atoms with Crippen molar-refractivity contribution in [1.82, 2.24) is 5.32 Å². The number of benzene rings is 1. The molecule has 118 valence electrons. The summed E-state index contributed by atoms with van der Waals surface area (Å²) in [5.41, 5.74) is 9.81. The van der Waals surface area contributed by atoms with Crippen LogP contribution in [0.5, 0.6) is 0 Å². The van der Waals surface area contributed by atoms with Crippen LogP contribution in [0.3, 0.4) is 0 Å². The van der Waals surface area contributed by atoms with Crippen LogP contribution in [0.1, 0.15) is 36.8 Å². The van der Waals surface area contributed by atoms with Crippen LogP contribution < -0.4 is 16.4 Å². The highest BCUT2D eigenvalue weighted by Gasteiger charge is 2.28. The van der Waals surface area contributed by atoms with Gasteiger partial charge >= 0.3 is 0 Å². The molecule has 1 amide bonds. The van der Waals surface area contributed by atoms with Crippen LogP contribution in [0, 0.1) is 5.92 Å². The van der Waals surface area contributed by atoms with Gasteiger partial charge in [0.05, 0.1) is 6.54 Å². The monoisotopic (exact) mass is 300 g/mol. The van der Waals surface area contributed by atoms with E-state index in [4.69, 9.17) is 5.73 Å². The Bertz CT molecular complexity index is 578. The first-order valence-corrected chi connectivity index (χ1v) is 8.19. The molecule has 0 unspecified atom stereocenters. The van der Waals surface area contributed by atoms with Crippen molar-refractivity contribution in [3.63, 3.8) is 0 Å². The van der Waals surface area contributed by atoms with E-state index in [0.29, 0.717) is 19.0 Å². The van der Waals surface area contributed by atoms with E-state index in [1.54, 1.807) is 0 Å². The van der Waals surface area contributed by atoms with Crippen molar-refractivity contribution in [3.05, 3.63) is 29.3 Å². The first-order valence-electron chi connectivity index (χ1n) is 8.19. The number of aliphatic imine (C=N–C) groups is 1. The van der Waals surface area contributed by atoms with Gasteiger partial charge in [-0.25, -0.2) is 0 Å². The lowest BCUT2D eigenvalue weighted by molar-refractivity contribution is -0.122. The molecule has 0 saturated heterocycles. The van der Waals surface area contributed by atoms with Gasteiger partial charge < -0.3 is 16.4 Å². The smallest absolute Gasteiger partial charge is 0.223 e. The minimum Gasteiger partial charge on any atom is -0.370 e. The normalized spacial score (nSPS) is 17.7. The predicted octanol–water partition coefficient (Wildman–Crippen LogP) is 1.82. The Morgan fingerprint density at radius 1 is 1.27 bits per heavy atom. The molecular formula is C17H24N4O. The third-order valence-electron chi connectivity index (χ3n) is 4.30. The van der Waals surface area contributed by atoms with Crippen LogP contribution in [0.25, 0.3) is 0 Å². The zero-order valence-corrected chi connectivity index (χ0v) is 12.9. The number of amides is 1. The molecule has 0 spiro atoms. The number of rotatable bonds is 5. The van der Waals surface area contributed by atoms with E-state index < -0.39 is 0 Å². The molecule has 5 nitrogen and oxygen atoms in total. The molecule has 0 atom stereocenters. The first-order chi connectivity index (χ1) is 10.7. The summed E-state index contributed by atoms with van der Waals surface area (Å²) in [6.45, 7) is 1.05. The standard InChI is InChI=1S/C17H24N4O/c18-17(20-11-10-19-16(22)13-8-9-13)21-15-7-3-5-12-4-1-2-6-14(12)15/h3,5,7,13H,1-2,4,6,8-11H2,(H,19,22)(H3,18,20,21). The summed E-state index contributed by atoms with van der Waals surface area (Å²) in [6.07, 6.45) is 6.80. The van der Waals surface area contributed by atoms with Gasteiger partial charge in [0.2, 0.25) is 5.91 Å². The number of hydrogen-bond donors (Lipinski definition) is 3. The van der Waals surface area contributed by atoms with E-state index in [2.05, 4.69) is 33.8 Å². The molecule has 1 aromatic carbocycles. The molecular weight excluding hydrogens is 276 g/mol. The highest BCUT2D eigenvalue weighted by atomic mass is 16.2. The van der Waals surface area contributed by atoms with Gasteiger partial charge in [0, 0.05) is 18.2 Å². The maximum absolute atomic E-state index is 11.5. The van der Waals surface area contributed by atoms with Crippen molar-refractivity contribution in [2.45, 2.75) is 38.5 Å². The quantitative estimate of drug-likeness (QED) is 0.441. The van der Waals surface area contributed by atoms with Crippen LogP contribution in [0.2, 0.25) is 0 Å². The molecule has 2 aliphatic carbocycles. The van der Waals surface area contributed by atoms with Crippen molar-refractivity contribution in [2.75, 3.05) is 18.4 Å². The van der Waals surface area contributed by atoms with E-state index in [1.165, 1.54) is 24.0 Å². The number of carbonyl (C=O) groups is 1. The lowest BCUT2D eigenvalue weighted by Crippen LogP contribution is -2.29. The van der Waals surface area contributed by atoms with Crippen LogP contribution in [0.15, 0.2) is 23.2 Å². The first kappa shape index (κ1) is 14.9.